The summed E-state index contributed by atoms with van der Waals surface area (Å²) in [4.78, 5) is 21.7. The summed E-state index contributed by atoms with van der Waals surface area (Å²) in [6.07, 6.45) is 2.37. The molecule has 3 aromatic rings. The Hall–Kier alpha value is -2.60. The van der Waals surface area contributed by atoms with Gasteiger partial charge in [0, 0.05) is 24.4 Å². The minimum Gasteiger partial charge on any atom is -0.465 e. The number of aromatic nitrogens is 3. The number of pyridine rings is 1. The Kier molecular flexibility index (Phi) is 6.87. The summed E-state index contributed by atoms with van der Waals surface area (Å²) in [5, 5.41) is 1.12. The third-order valence-corrected chi connectivity index (χ3v) is 5.34. The third-order valence-electron chi connectivity index (χ3n) is 4.21. The molecule has 0 spiro atoms. The number of ether oxygens (including phenoxy) is 1. The topological polar surface area (TPSA) is 57.0 Å². The van der Waals surface area contributed by atoms with Crippen LogP contribution in [0.25, 0.3) is 0 Å². The van der Waals surface area contributed by atoms with E-state index in [9.17, 15) is 4.79 Å². The number of carbonyl (C=O) groups is 1. The van der Waals surface area contributed by atoms with Crippen molar-refractivity contribution in [2.45, 2.75) is 49.6 Å². The van der Waals surface area contributed by atoms with E-state index < -0.39 is 0 Å². The van der Waals surface area contributed by atoms with Gasteiger partial charge in [-0.25, -0.2) is 4.98 Å². The summed E-state index contributed by atoms with van der Waals surface area (Å²) in [5.41, 5.74) is 2.03. The number of nitrogens with zero attached hydrogens (tertiary/aromatic N) is 3. The van der Waals surface area contributed by atoms with Gasteiger partial charge in [0.1, 0.15) is 10.9 Å². The van der Waals surface area contributed by atoms with Crippen molar-refractivity contribution in [1.82, 2.24) is 14.5 Å². The summed E-state index contributed by atoms with van der Waals surface area (Å²) < 4.78 is 7.37. The third kappa shape index (κ3) is 5.23. The lowest BCUT2D eigenvalue weighted by atomic mass is 10.1. The van der Waals surface area contributed by atoms with E-state index in [1.54, 1.807) is 18.0 Å². The van der Waals surface area contributed by atoms with Crippen molar-refractivity contribution in [2.24, 2.45) is 0 Å². The van der Waals surface area contributed by atoms with Crippen LogP contribution in [0.3, 0.4) is 0 Å². The van der Waals surface area contributed by atoms with Gasteiger partial charge in [0.15, 0.2) is 0 Å². The zero-order valence-electron chi connectivity index (χ0n) is 16.5. The van der Waals surface area contributed by atoms with Crippen molar-refractivity contribution in [3.05, 3.63) is 71.9 Å². The number of hydrogen-bond donors (Lipinski definition) is 0. The zero-order chi connectivity index (χ0) is 19.9. The number of hydrogen-bond acceptors (Lipinski definition) is 5. The summed E-state index contributed by atoms with van der Waals surface area (Å²) >= 11 is 1.71. The number of benzene rings is 1. The van der Waals surface area contributed by atoms with Crippen LogP contribution >= 0.6 is 11.8 Å². The normalized spacial score (nSPS) is 11.0. The summed E-state index contributed by atoms with van der Waals surface area (Å²) in [6.45, 7) is 6.68. The highest BCUT2D eigenvalue weighted by atomic mass is 32.2. The van der Waals surface area contributed by atoms with Gasteiger partial charge < -0.3 is 9.30 Å². The monoisotopic (exact) mass is 395 g/mol. The van der Waals surface area contributed by atoms with Gasteiger partial charge in [-0.15, -0.1) is 0 Å². The number of esters is 1. The van der Waals surface area contributed by atoms with Crippen LogP contribution in [0.2, 0.25) is 0 Å². The Morgan fingerprint density at radius 1 is 1.14 bits per heavy atom. The second kappa shape index (κ2) is 9.55. The Bertz CT molecular complexity index is 908. The molecule has 6 heteroatoms. The second-order valence-corrected chi connectivity index (χ2v) is 7.85. The highest BCUT2D eigenvalue weighted by Gasteiger charge is 2.21. The quantitative estimate of drug-likeness (QED) is 0.517. The number of carbonyl (C=O) groups excluding carboxylic acids is 1. The minimum atomic E-state index is -0.272. The van der Waals surface area contributed by atoms with E-state index in [1.165, 1.54) is 6.92 Å². The van der Waals surface area contributed by atoms with Gasteiger partial charge in [0.25, 0.3) is 0 Å². The van der Waals surface area contributed by atoms with Crippen LogP contribution in [0.1, 0.15) is 43.9 Å². The zero-order valence-corrected chi connectivity index (χ0v) is 17.3. The fraction of sp³-hybridized carbons (Fsp3) is 0.318. The van der Waals surface area contributed by atoms with Gasteiger partial charge >= 0.3 is 5.97 Å². The molecule has 0 aliphatic rings. The van der Waals surface area contributed by atoms with Crippen molar-refractivity contribution < 1.29 is 9.53 Å². The van der Waals surface area contributed by atoms with Gasteiger partial charge in [-0.3, -0.25) is 9.78 Å². The minimum absolute atomic E-state index is 0.272. The fourth-order valence-corrected chi connectivity index (χ4v) is 4.06. The fourth-order valence-electron chi connectivity index (χ4n) is 2.88. The Morgan fingerprint density at radius 3 is 2.54 bits per heavy atom. The van der Waals surface area contributed by atoms with Gasteiger partial charge in [0.05, 0.1) is 24.5 Å². The van der Waals surface area contributed by atoms with Crippen molar-refractivity contribution >= 4 is 17.7 Å². The van der Waals surface area contributed by atoms with E-state index in [4.69, 9.17) is 9.72 Å². The molecule has 0 atom stereocenters. The SMILES string of the molecule is CC(=O)OCCc1nc(C(C)C)c(Sc2ccccc2)n1Cc1ccccn1. The largest absolute Gasteiger partial charge is 0.465 e. The molecule has 28 heavy (non-hydrogen) atoms. The van der Waals surface area contributed by atoms with E-state index in [0.29, 0.717) is 19.6 Å². The summed E-state index contributed by atoms with van der Waals surface area (Å²) in [6, 6.07) is 16.2. The molecule has 0 N–H and O–H groups in total. The Morgan fingerprint density at radius 2 is 1.89 bits per heavy atom. The molecular weight excluding hydrogens is 370 g/mol. The molecule has 0 saturated heterocycles. The predicted molar refractivity (Wildman–Crippen MR) is 111 cm³/mol. The molecule has 0 unspecified atom stereocenters. The first-order chi connectivity index (χ1) is 13.5. The Balaban J connectivity index is 2.00. The first-order valence-corrected chi connectivity index (χ1v) is 10.2. The van der Waals surface area contributed by atoms with Gasteiger partial charge in [-0.2, -0.15) is 0 Å². The lowest BCUT2D eigenvalue weighted by molar-refractivity contribution is -0.140. The van der Waals surface area contributed by atoms with E-state index >= 15 is 0 Å². The van der Waals surface area contributed by atoms with Gasteiger partial charge in [0.2, 0.25) is 0 Å². The second-order valence-electron chi connectivity index (χ2n) is 6.79. The maximum atomic E-state index is 11.2. The van der Waals surface area contributed by atoms with Crippen molar-refractivity contribution in [3.8, 4) is 0 Å². The van der Waals surface area contributed by atoms with Gasteiger partial charge in [-0.1, -0.05) is 49.9 Å². The number of imidazole rings is 1. The van der Waals surface area contributed by atoms with Crippen LogP contribution in [0, 0.1) is 0 Å². The van der Waals surface area contributed by atoms with Gasteiger partial charge in [-0.05, 0) is 30.2 Å². The molecule has 3 rings (SSSR count). The lowest BCUT2D eigenvalue weighted by Gasteiger charge is -2.13. The van der Waals surface area contributed by atoms with Crippen molar-refractivity contribution in [3.63, 3.8) is 0 Å². The lowest BCUT2D eigenvalue weighted by Crippen LogP contribution is -2.11. The molecule has 0 fully saturated rings. The first-order valence-electron chi connectivity index (χ1n) is 9.40. The smallest absolute Gasteiger partial charge is 0.302 e. The van der Waals surface area contributed by atoms with E-state index in [2.05, 4.69) is 35.5 Å². The number of rotatable bonds is 8. The molecular formula is C22H25N3O2S. The van der Waals surface area contributed by atoms with Crippen molar-refractivity contribution in [1.29, 1.82) is 0 Å². The van der Waals surface area contributed by atoms with E-state index in [-0.39, 0.29) is 11.9 Å². The molecule has 0 aliphatic carbocycles. The molecule has 5 nitrogen and oxygen atoms in total. The molecule has 1 aromatic carbocycles. The summed E-state index contributed by atoms with van der Waals surface area (Å²) in [7, 11) is 0. The van der Waals surface area contributed by atoms with E-state index in [0.717, 1.165) is 27.1 Å². The maximum Gasteiger partial charge on any atom is 0.302 e. The maximum absolute atomic E-state index is 11.2. The molecule has 0 aliphatic heterocycles. The van der Waals surface area contributed by atoms with Crippen LogP contribution in [0.4, 0.5) is 0 Å². The standard InChI is InChI=1S/C22H25N3O2S/c1-16(2)21-22(28-19-10-5-4-6-11-19)25(15-18-9-7-8-13-23-18)20(24-21)12-14-27-17(3)26/h4-11,13,16H,12,14-15H2,1-3H3. The molecule has 2 heterocycles. The highest BCUT2D eigenvalue weighted by Crippen LogP contribution is 2.35. The molecule has 0 amide bonds. The van der Waals surface area contributed by atoms with Crippen LogP contribution in [0.5, 0.6) is 0 Å². The van der Waals surface area contributed by atoms with E-state index in [1.807, 2.05) is 36.4 Å². The highest BCUT2D eigenvalue weighted by molar-refractivity contribution is 7.99. The molecule has 0 bridgehead atoms. The van der Waals surface area contributed by atoms with Crippen LogP contribution in [0.15, 0.2) is 64.6 Å². The molecule has 0 saturated carbocycles. The van der Waals surface area contributed by atoms with Crippen molar-refractivity contribution in [2.75, 3.05) is 6.61 Å². The van der Waals surface area contributed by atoms with Crippen LogP contribution < -0.4 is 0 Å². The Labute approximate surface area is 170 Å². The first kappa shape index (κ1) is 20.1. The average molecular weight is 396 g/mol. The molecule has 146 valence electrons. The van der Waals surface area contributed by atoms with Crippen LogP contribution in [-0.4, -0.2) is 27.1 Å². The molecule has 0 radical (unpaired) electrons. The summed E-state index contributed by atoms with van der Waals surface area (Å²) in [5.74, 6) is 0.920. The average Bonchev–Trinajstić information content (AvgIpc) is 3.01. The predicted octanol–water partition coefficient (Wildman–Crippen LogP) is 4.71. The molecule has 2 aromatic heterocycles. The van der Waals surface area contributed by atoms with Crippen LogP contribution in [-0.2, 0) is 22.5 Å².